The van der Waals surface area contributed by atoms with E-state index >= 15 is 0 Å². The third-order valence-electron chi connectivity index (χ3n) is 3.67. The second kappa shape index (κ2) is 3.09. The topological polar surface area (TPSA) is 20.3 Å². The molecule has 2 heteroatoms. The van der Waals surface area contributed by atoms with Crippen LogP contribution in [0.3, 0.4) is 0 Å². The van der Waals surface area contributed by atoms with Gasteiger partial charge in [-0.3, -0.25) is 4.79 Å². The molecule has 0 atom stereocenters. The number of carbonyl (C=O) groups is 1. The van der Waals surface area contributed by atoms with Crippen molar-refractivity contribution in [1.29, 1.82) is 0 Å². The van der Waals surface area contributed by atoms with Crippen LogP contribution in [0.25, 0.3) is 0 Å². The van der Waals surface area contributed by atoms with Gasteiger partial charge in [-0.15, -0.1) is 0 Å². The number of hydrogen-bond acceptors (Lipinski definition) is 2. The van der Waals surface area contributed by atoms with Crippen LogP contribution in [-0.4, -0.2) is 30.3 Å². The Morgan fingerprint density at radius 2 is 2.00 bits per heavy atom. The Morgan fingerprint density at radius 1 is 1.38 bits per heavy atom. The van der Waals surface area contributed by atoms with Gasteiger partial charge in [0.15, 0.2) is 0 Å². The van der Waals surface area contributed by atoms with Gasteiger partial charge < -0.3 is 4.90 Å². The van der Waals surface area contributed by atoms with Crippen molar-refractivity contribution in [1.82, 2.24) is 4.90 Å². The van der Waals surface area contributed by atoms with Gasteiger partial charge in [0.25, 0.3) is 0 Å². The molecule has 2 fully saturated rings. The van der Waals surface area contributed by atoms with Crippen molar-refractivity contribution < 1.29 is 4.79 Å². The van der Waals surface area contributed by atoms with Crippen LogP contribution in [0.2, 0.25) is 0 Å². The number of hydrogen-bond donors (Lipinski definition) is 0. The van der Waals surface area contributed by atoms with Crippen molar-refractivity contribution in [3.63, 3.8) is 0 Å². The molecular weight excluding hydrogens is 162 g/mol. The van der Waals surface area contributed by atoms with Crippen molar-refractivity contribution in [2.24, 2.45) is 11.3 Å². The van der Waals surface area contributed by atoms with E-state index < -0.39 is 0 Å². The summed E-state index contributed by atoms with van der Waals surface area (Å²) < 4.78 is 0. The van der Waals surface area contributed by atoms with Crippen molar-refractivity contribution >= 4 is 5.78 Å². The number of nitrogens with zero attached hydrogens (tertiary/aromatic N) is 1. The van der Waals surface area contributed by atoms with Crippen LogP contribution in [0.15, 0.2) is 0 Å². The fourth-order valence-electron chi connectivity index (χ4n) is 2.62. The summed E-state index contributed by atoms with van der Waals surface area (Å²) in [6.07, 6.45) is 3.35. The van der Waals surface area contributed by atoms with E-state index in [1.165, 1.54) is 32.5 Å². The second-order valence-corrected chi connectivity index (χ2v) is 5.07. The highest BCUT2D eigenvalue weighted by Gasteiger charge is 2.44. The summed E-state index contributed by atoms with van der Waals surface area (Å²) in [7, 11) is 0. The lowest BCUT2D eigenvalue weighted by Crippen LogP contribution is -2.25. The molecule has 13 heavy (non-hydrogen) atoms. The third-order valence-corrected chi connectivity index (χ3v) is 3.67. The number of carbonyl (C=O) groups excluding carboxylic acids is 1. The molecule has 2 aliphatic rings. The molecule has 0 unspecified atom stereocenters. The van der Waals surface area contributed by atoms with Gasteiger partial charge in [0, 0.05) is 18.9 Å². The van der Waals surface area contributed by atoms with Crippen molar-refractivity contribution in [2.75, 3.05) is 19.6 Å². The predicted molar refractivity (Wildman–Crippen MR) is 52.6 cm³/mol. The van der Waals surface area contributed by atoms with E-state index in [4.69, 9.17) is 0 Å². The maximum Gasteiger partial charge on any atom is 0.136 e. The average Bonchev–Trinajstić information content (AvgIpc) is 2.62. The summed E-state index contributed by atoms with van der Waals surface area (Å²) in [6, 6.07) is 0. The molecule has 2 heterocycles. The molecule has 2 saturated heterocycles. The Labute approximate surface area is 80.3 Å². The van der Waals surface area contributed by atoms with Gasteiger partial charge in [0.2, 0.25) is 0 Å². The molecule has 0 aliphatic carbocycles. The van der Waals surface area contributed by atoms with Gasteiger partial charge in [0.1, 0.15) is 5.78 Å². The molecule has 2 aliphatic heterocycles. The summed E-state index contributed by atoms with van der Waals surface area (Å²) in [5.41, 5.74) is 0.390. The van der Waals surface area contributed by atoms with E-state index in [1.54, 1.807) is 0 Å². The third kappa shape index (κ3) is 1.64. The van der Waals surface area contributed by atoms with Gasteiger partial charge in [-0.05, 0) is 31.3 Å². The number of Topliss-reactive ketones (excluding diaryl/α,β-unsaturated/α-hetero) is 1. The lowest BCUT2D eigenvalue weighted by Gasteiger charge is -2.24. The molecule has 0 saturated carbocycles. The highest BCUT2D eigenvalue weighted by Crippen LogP contribution is 2.43. The minimum Gasteiger partial charge on any atom is -0.303 e. The van der Waals surface area contributed by atoms with Crippen LogP contribution >= 0.6 is 0 Å². The fraction of sp³-hybridized carbons (Fsp3) is 0.909. The number of rotatable bonds is 3. The molecule has 74 valence electrons. The summed E-state index contributed by atoms with van der Waals surface area (Å²) in [5, 5.41) is 0. The maximum absolute atomic E-state index is 11.7. The molecule has 0 spiro atoms. The standard InChI is InChI=1S/C11H19NO/c1-9(2)10(13)7-11-3-5-12(8-11)6-4-11/h9H,3-8H2,1-2H3. The summed E-state index contributed by atoms with van der Waals surface area (Å²) >= 11 is 0. The Bertz CT molecular complexity index is 214. The van der Waals surface area contributed by atoms with Gasteiger partial charge >= 0.3 is 0 Å². The molecule has 0 radical (unpaired) electrons. The largest absolute Gasteiger partial charge is 0.303 e. The van der Waals surface area contributed by atoms with Crippen molar-refractivity contribution in [3.8, 4) is 0 Å². The molecule has 2 bridgehead atoms. The summed E-state index contributed by atoms with van der Waals surface area (Å²) in [6.45, 7) is 7.67. The first-order valence-corrected chi connectivity index (χ1v) is 5.36. The van der Waals surface area contributed by atoms with Gasteiger partial charge in [-0.25, -0.2) is 0 Å². The Hall–Kier alpha value is -0.370. The smallest absolute Gasteiger partial charge is 0.136 e. The maximum atomic E-state index is 11.7. The quantitative estimate of drug-likeness (QED) is 0.660. The van der Waals surface area contributed by atoms with Gasteiger partial charge in [-0.2, -0.15) is 0 Å². The second-order valence-electron chi connectivity index (χ2n) is 5.07. The van der Waals surface area contributed by atoms with E-state index in [0.717, 1.165) is 6.42 Å². The molecule has 0 aromatic rings. The summed E-state index contributed by atoms with van der Waals surface area (Å²) in [5.74, 6) is 0.688. The molecule has 0 N–H and O–H groups in total. The first kappa shape index (κ1) is 9.20. The van der Waals surface area contributed by atoms with Crippen molar-refractivity contribution in [2.45, 2.75) is 33.1 Å². The van der Waals surface area contributed by atoms with E-state index in [9.17, 15) is 4.79 Å². The first-order valence-electron chi connectivity index (χ1n) is 5.36. The van der Waals surface area contributed by atoms with E-state index in [1.807, 2.05) is 13.8 Å². The van der Waals surface area contributed by atoms with Crippen molar-refractivity contribution in [3.05, 3.63) is 0 Å². The van der Waals surface area contributed by atoms with Crippen LogP contribution < -0.4 is 0 Å². The average molecular weight is 181 g/mol. The van der Waals surface area contributed by atoms with Gasteiger partial charge in [-0.1, -0.05) is 13.8 Å². The molecule has 0 aromatic heterocycles. The normalized spacial score (nSPS) is 37.3. The molecule has 0 aromatic carbocycles. The number of piperidine rings is 1. The fourth-order valence-corrected chi connectivity index (χ4v) is 2.62. The minimum atomic E-state index is 0.226. The van der Waals surface area contributed by atoms with E-state index in [-0.39, 0.29) is 5.92 Å². The molecule has 2 rings (SSSR count). The van der Waals surface area contributed by atoms with E-state index in [0.29, 0.717) is 11.2 Å². The van der Waals surface area contributed by atoms with Crippen LogP contribution in [-0.2, 0) is 4.79 Å². The Kier molecular flexibility index (Phi) is 2.18. The lowest BCUT2D eigenvalue weighted by atomic mass is 9.78. The number of fused-ring (bicyclic) bond motifs is 2. The molecule has 2 nitrogen and oxygen atoms in total. The zero-order valence-electron chi connectivity index (χ0n) is 8.68. The van der Waals surface area contributed by atoms with Crippen LogP contribution in [0, 0.1) is 11.3 Å². The van der Waals surface area contributed by atoms with Gasteiger partial charge in [0.05, 0.1) is 0 Å². The molecule has 0 amide bonds. The zero-order valence-corrected chi connectivity index (χ0v) is 8.68. The van der Waals surface area contributed by atoms with Crippen LogP contribution in [0.5, 0.6) is 0 Å². The Morgan fingerprint density at radius 3 is 2.38 bits per heavy atom. The monoisotopic (exact) mass is 181 g/mol. The van der Waals surface area contributed by atoms with Crippen LogP contribution in [0.4, 0.5) is 0 Å². The first-order chi connectivity index (χ1) is 6.11. The minimum absolute atomic E-state index is 0.226. The number of ketones is 1. The lowest BCUT2D eigenvalue weighted by molar-refractivity contribution is -0.123. The highest BCUT2D eigenvalue weighted by atomic mass is 16.1. The van der Waals surface area contributed by atoms with Crippen LogP contribution in [0.1, 0.15) is 33.1 Å². The Balaban J connectivity index is 1.97. The molecular formula is C11H19NO. The summed E-state index contributed by atoms with van der Waals surface area (Å²) in [4.78, 5) is 14.2. The predicted octanol–water partition coefficient (Wildman–Crippen LogP) is 1.70. The highest BCUT2D eigenvalue weighted by molar-refractivity contribution is 5.81. The SMILES string of the molecule is CC(C)C(=O)CC12CCN(CC1)C2. The van der Waals surface area contributed by atoms with E-state index in [2.05, 4.69) is 4.90 Å². The zero-order chi connectivity index (χ0) is 9.47.